The van der Waals surface area contributed by atoms with Crippen LogP contribution in [-0.2, 0) is 24.3 Å². The highest BCUT2D eigenvalue weighted by Crippen LogP contribution is 2.25. The number of ether oxygens (including phenoxy) is 2. The van der Waals surface area contributed by atoms with Crippen LogP contribution in [0.25, 0.3) is 0 Å². The maximum absolute atomic E-state index is 12.9. The second-order valence-corrected chi connectivity index (χ2v) is 10.9. The third-order valence-corrected chi connectivity index (χ3v) is 8.54. The standard InChI is InChI=1S/C22H37N3O5S/c1-2-4-18-8-12-25(13-9-18)31(27,28)16-3-5-20(19-6-10-23-11-7-19)24-22(26)21-17-29-14-15-30-21/h14-15,17-20,23H,2-13,16H2,1H3,(H,24,26). The van der Waals surface area contributed by atoms with Gasteiger partial charge in [-0.2, -0.15) is 0 Å². The topological polar surface area (TPSA) is 97.0 Å². The van der Waals surface area contributed by atoms with Crippen molar-refractivity contribution in [2.45, 2.75) is 64.3 Å². The van der Waals surface area contributed by atoms with E-state index >= 15 is 0 Å². The van der Waals surface area contributed by atoms with Crippen LogP contribution >= 0.6 is 0 Å². The lowest BCUT2D eigenvalue weighted by Gasteiger charge is -2.33. The monoisotopic (exact) mass is 455 g/mol. The zero-order valence-electron chi connectivity index (χ0n) is 18.6. The average Bonchev–Trinajstić information content (AvgIpc) is 2.80. The summed E-state index contributed by atoms with van der Waals surface area (Å²) in [5.74, 6) is 0.899. The number of hydrogen-bond acceptors (Lipinski definition) is 6. The van der Waals surface area contributed by atoms with Crippen molar-refractivity contribution in [1.82, 2.24) is 14.9 Å². The van der Waals surface area contributed by atoms with E-state index in [1.807, 2.05) is 0 Å². The van der Waals surface area contributed by atoms with Crippen molar-refractivity contribution in [3.8, 4) is 0 Å². The first-order chi connectivity index (χ1) is 15.0. The molecule has 3 heterocycles. The Hall–Kier alpha value is -1.58. The highest BCUT2D eigenvalue weighted by molar-refractivity contribution is 7.89. The van der Waals surface area contributed by atoms with Crippen LogP contribution in [0.2, 0.25) is 0 Å². The number of carbonyl (C=O) groups is 1. The summed E-state index contributed by atoms with van der Waals surface area (Å²) in [5.41, 5.74) is 0. The summed E-state index contributed by atoms with van der Waals surface area (Å²) in [4.78, 5) is 12.6. The van der Waals surface area contributed by atoms with Crippen molar-refractivity contribution in [1.29, 1.82) is 0 Å². The van der Waals surface area contributed by atoms with Crippen molar-refractivity contribution in [3.63, 3.8) is 0 Å². The van der Waals surface area contributed by atoms with E-state index in [0.29, 0.717) is 37.8 Å². The van der Waals surface area contributed by atoms with Crippen LogP contribution < -0.4 is 10.6 Å². The van der Waals surface area contributed by atoms with Crippen LogP contribution in [0.5, 0.6) is 0 Å². The van der Waals surface area contributed by atoms with E-state index in [-0.39, 0.29) is 23.5 Å². The molecule has 1 amide bonds. The van der Waals surface area contributed by atoms with Crippen molar-refractivity contribution in [2.75, 3.05) is 31.9 Å². The molecule has 176 valence electrons. The van der Waals surface area contributed by atoms with Gasteiger partial charge >= 0.3 is 0 Å². The number of nitrogens with one attached hydrogen (secondary N) is 2. The van der Waals surface area contributed by atoms with Gasteiger partial charge in [-0.3, -0.25) is 4.79 Å². The molecule has 1 unspecified atom stereocenters. The van der Waals surface area contributed by atoms with Crippen LogP contribution in [0, 0.1) is 11.8 Å². The van der Waals surface area contributed by atoms with Crippen LogP contribution in [-0.4, -0.2) is 56.6 Å². The minimum absolute atomic E-state index is 0.0875. The van der Waals surface area contributed by atoms with Crippen LogP contribution in [0.3, 0.4) is 0 Å². The van der Waals surface area contributed by atoms with Gasteiger partial charge in [-0.15, -0.1) is 0 Å². The Balaban J connectivity index is 1.52. The first-order valence-corrected chi connectivity index (χ1v) is 13.3. The van der Waals surface area contributed by atoms with Gasteiger partial charge in [-0.1, -0.05) is 19.8 Å². The van der Waals surface area contributed by atoms with Gasteiger partial charge < -0.3 is 20.1 Å². The third kappa shape index (κ3) is 7.22. The fourth-order valence-corrected chi connectivity index (χ4v) is 6.34. The molecular formula is C22H37N3O5S. The molecule has 8 nitrogen and oxygen atoms in total. The number of amides is 1. The molecule has 0 spiro atoms. The van der Waals surface area contributed by atoms with Crippen LogP contribution in [0.1, 0.15) is 58.3 Å². The summed E-state index contributed by atoms with van der Waals surface area (Å²) in [6.45, 7) is 5.28. The van der Waals surface area contributed by atoms with E-state index in [4.69, 9.17) is 9.47 Å². The minimum Gasteiger partial charge on any atom is -0.465 e. The first-order valence-electron chi connectivity index (χ1n) is 11.7. The Morgan fingerprint density at radius 3 is 2.61 bits per heavy atom. The second-order valence-electron chi connectivity index (χ2n) is 8.76. The number of sulfonamides is 1. The van der Waals surface area contributed by atoms with Gasteiger partial charge in [-0.05, 0) is 63.5 Å². The minimum atomic E-state index is -3.25. The molecule has 0 radical (unpaired) electrons. The molecule has 2 fully saturated rings. The summed E-state index contributed by atoms with van der Waals surface area (Å²) < 4.78 is 37.6. The molecule has 31 heavy (non-hydrogen) atoms. The molecule has 1 atom stereocenters. The molecule has 3 rings (SSSR count). The Labute approximate surface area is 186 Å². The lowest BCUT2D eigenvalue weighted by atomic mass is 9.87. The van der Waals surface area contributed by atoms with Crippen LogP contribution in [0.15, 0.2) is 24.5 Å². The maximum atomic E-state index is 12.9. The zero-order valence-corrected chi connectivity index (χ0v) is 19.4. The fourth-order valence-electron chi connectivity index (χ4n) is 4.78. The molecule has 0 saturated carbocycles. The molecule has 2 saturated heterocycles. The quantitative estimate of drug-likeness (QED) is 0.525. The van der Waals surface area contributed by atoms with Gasteiger partial charge in [0.15, 0.2) is 0 Å². The van der Waals surface area contributed by atoms with Crippen LogP contribution in [0.4, 0.5) is 0 Å². The lowest BCUT2D eigenvalue weighted by molar-refractivity contribution is -0.121. The Morgan fingerprint density at radius 1 is 1.23 bits per heavy atom. The number of rotatable bonds is 10. The number of nitrogens with zero attached hydrogens (tertiary/aromatic N) is 1. The van der Waals surface area contributed by atoms with Gasteiger partial charge in [0.1, 0.15) is 18.8 Å². The SMILES string of the molecule is CCCC1CCN(S(=O)(=O)CCCC(NC(=O)C2=COC=CO2)C2CCNCC2)CC1. The van der Waals surface area contributed by atoms with Gasteiger partial charge in [0.2, 0.25) is 15.8 Å². The molecule has 3 aliphatic rings. The van der Waals surface area contributed by atoms with E-state index in [1.54, 1.807) is 4.31 Å². The normalized spacial score (nSPS) is 22.3. The largest absolute Gasteiger partial charge is 0.465 e. The molecule has 2 N–H and O–H groups in total. The lowest BCUT2D eigenvalue weighted by Crippen LogP contribution is -2.45. The summed E-state index contributed by atoms with van der Waals surface area (Å²) in [6, 6.07) is -0.0875. The predicted octanol–water partition coefficient (Wildman–Crippen LogP) is 2.45. The number of hydrogen-bond donors (Lipinski definition) is 2. The Kier molecular flexibility index (Phi) is 9.22. The molecule has 0 aromatic carbocycles. The van der Waals surface area contributed by atoms with E-state index in [0.717, 1.165) is 45.2 Å². The molecule has 0 aromatic rings. The first kappa shape index (κ1) is 24.1. The zero-order chi connectivity index (χ0) is 22.1. The van der Waals surface area contributed by atoms with Crippen molar-refractivity contribution < 1.29 is 22.7 Å². The van der Waals surface area contributed by atoms with Crippen molar-refractivity contribution in [3.05, 3.63) is 24.5 Å². The number of piperidine rings is 2. The maximum Gasteiger partial charge on any atom is 0.290 e. The summed E-state index contributed by atoms with van der Waals surface area (Å²) in [7, 11) is -3.25. The van der Waals surface area contributed by atoms with Gasteiger partial charge in [0, 0.05) is 19.1 Å². The molecule has 3 aliphatic heterocycles. The van der Waals surface area contributed by atoms with Gasteiger partial charge in [0.25, 0.3) is 5.91 Å². The van der Waals surface area contributed by atoms with E-state index in [2.05, 4.69) is 17.6 Å². The fraction of sp³-hybridized carbons (Fsp3) is 0.773. The summed E-state index contributed by atoms with van der Waals surface area (Å²) in [5, 5.41) is 6.40. The van der Waals surface area contributed by atoms with Crippen molar-refractivity contribution >= 4 is 15.9 Å². The van der Waals surface area contributed by atoms with E-state index < -0.39 is 10.0 Å². The molecule has 0 bridgehead atoms. The van der Waals surface area contributed by atoms with E-state index in [1.165, 1.54) is 25.2 Å². The summed E-state index contributed by atoms with van der Waals surface area (Å²) >= 11 is 0. The highest BCUT2D eigenvalue weighted by atomic mass is 32.2. The molecular weight excluding hydrogens is 418 g/mol. The molecule has 0 aromatic heterocycles. The number of carbonyl (C=O) groups excluding carboxylic acids is 1. The smallest absolute Gasteiger partial charge is 0.290 e. The summed E-state index contributed by atoms with van der Waals surface area (Å²) in [6.07, 6.45) is 11.3. The van der Waals surface area contributed by atoms with Crippen molar-refractivity contribution in [2.24, 2.45) is 11.8 Å². The van der Waals surface area contributed by atoms with Gasteiger partial charge in [0.05, 0.1) is 5.75 Å². The second kappa shape index (κ2) is 11.9. The van der Waals surface area contributed by atoms with E-state index in [9.17, 15) is 13.2 Å². The molecule has 9 heteroatoms. The Morgan fingerprint density at radius 2 is 1.97 bits per heavy atom. The highest BCUT2D eigenvalue weighted by Gasteiger charge is 2.30. The predicted molar refractivity (Wildman–Crippen MR) is 119 cm³/mol. The van der Waals surface area contributed by atoms with Gasteiger partial charge in [-0.25, -0.2) is 12.7 Å². The third-order valence-electron chi connectivity index (χ3n) is 6.58. The Bertz CT molecular complexity index is 738. The average molecular weight is 456 g/mol. The molecule has 0 aliphatic carbocycles.